The van der Waals surface area contributed by atoms with Crippen molar-refractivity contribution in [2.45, 2.75) is 46.3 Å². The normalized spacial score (nSPS) is 14.9. The van der Waals surface area contributed by atoms with Crippen molar-refractivity contribution in [1.82, 2.24) is 15.6 Å². The summed E-state index contributed by atoms with van der Waals surface area (Å²) in [5.74, 6) is 0.642. The number of ether oxygens (including phenoxy) is 1. The van der Waals surface area contributed by atoms with Gasteiger partial charge in [-0.05, 0) is 31.3 Å². The number of carbonyl (C=O) groups is 1. The van der Waals surface area contributed by atoms with Crippen molar-refractivity contribution in [3.8, 4) is 5.88 Å². The highest BCUT2D eigenvalue weighted by molar-refractivity contribution is 5.91. The predicted octanol–water partition coefficient (Wildman–Crippen LogP) is 2.25. The molecule has 2 N–H and O–H groups in total. The maximum atomic E-state index is 11.9. The number of aryl methyl sites for hydroxylation is 1. The molecule has 3 unspecified atom stereocenters. The SMILES string of the molecule is CCC(C)C(Oc1cc(C(=O)NC(C)CO)on1)c1cnoc1C. The van der Waals surface area contributed by atoms with Gasteiger partial charge >= 0.3 is 0 Å². The topological polar surface area (TPSA) is 111 Å². The van der Waals surface area contributed by atoms with Crippen molar-refractivity contribution in [2.75, 3.05) is 6.61 Å². The van der Waals surface area contributed by atoms with E-state index in [1.807, 2.05) is 13.8 Å². The molecular formula is C16H23N3O5. The second-order valence-corrected chi connectivity index (χ2v) is 5.85. The molecule has 0 bridgehead atoms. The minimum absolute atomic E-state index is 0.0234. The van der Waals surface area contributed by atoms with Crippen molar-refractivity contribution in [2.24, 2.45) is 5.92 Å². The molecule has 2 rings (SSSR count). The highest BCUT2D eigenvalue weighted by Crippen LogP contribution is 2.31. The summed E-state index contributed by atoms with van der Waals surface area (Å²) >= 11 is 0. The van der Waals surface area contributed by atoms with Gasteiger partial charge in [-0.25, -0.2) is 0 Å². The molecule has 0 radical (unpaired) electrons. The third kappa shape index (κ3) is 4.14. The summed E-state index contributed by atoms with van der Waals surface area (Å²) < 4.78 is 16.1. The van der Waals surface area contributed by atoms with Gasteiger partial charge < -0.3 is 24.2 Å². The molecule has 8 nitrogen and oxygen atoms in total. The van der Waals surface area contributed by atoms with Gasteiger partial charge in [-0.2, -0.15) is 0 Å². The van der Waals surface area contributed by atoms with Crippen LogP contribution in [0, 0.1) is 12.8 Å². The van der Waals surface area contributed by atoms with Crippen molar-refractivity contribution in [1.29, 1.82) is 0 Å². The van der Waals surface area contributed by atoms with Gasteiger partial charge in [0, 0.05) is 6.04 Å². The molecule has 3 atom stereocenters. The predicted molar refractivity (Wildman–Crippen MR) is 84.6 cm³/mol. The first-order chi connectivity index (χ1) is 11.5. The third-order valence-corrected chi connectivity index (χ3v) is 3.87. The van der Waals surface area contributed by atoms with Crippen LogP contribution in [0.1, 0.15) is 55.2 Å². The van der Waals surface area contributed by atoms with Crippen LogP contribution < -0.4 is 10.1 Å². The quantitative estimate of drug-likeness (QED) is 0.760. The standard InChI is InChI=1S/C16H23N3O5/c1-5-9(2)15(12-7-17-23-11(12)4)22-14-6-13(24-19-14)16(21)18-10(3)8-20/h6-7,9-10,15,20H,5,8H2,1-4H3,(H,18,21). The van der Waals surface area contributed by atoms with Crippen LogP contribution in [0.15, 0.2) is 21.3 Å². The minimum Gasteiger partial charge on any atom is -0.467 e. The van der Waals surface area contributed by atoms with E-state index >= 15 is 0 Å². The fraction of sp³-hybridized carbons (Fsp3) is 0.562. The van der Waals surface area contributed by atoms with Gasteiger partial charge in [0.2, 0.25) is 5.76 Å². The number of carbonyl (C=O) groups excluding carboxylic acids is 1. The van der Waals surface area contributed by atoms with Crippen LogP contribution in [0.25, 0.3) is 0 Å². The lowest BCUT2D eigenvalue weighted by Crippen LogP contribution is -2.34. The number of hydrogen-bond acceptors (Lipinski definition) is 7. The van der Waals surface area contributed by atoms with Crippen LogP contribution in [0.4, 0.5) is 0 Å². The molecule has 0 saturated heterocycles. The lowest BCUT2D eigenvalue weighted by molar-refractivity contribution is 0.0883. The Balaban J connectivity index is 2.13. The summed E-state index contributed by atoms with van der Waals surface area (Å²) in [6, 6.07) is 1.05. The van der Waals surface area contributed by atoms with Gasteiger partial charge in [0.1, 0.15) is 11.9 Å². The first-order valence-corrected chi connectivity index (χ1v) is 7.92. The second kappa shape index (κ2) is 7.96. The first kappa shape index (κ1) is 18.0. The van der Waals surface area contributed by atoms with Gasteiger partial charge in [-0.1, -0.05) is 19.0 Å². The lowest BCUT2D eigenvalue weighted by Gasteiger charge is -2.21. The Morgan fingerprint density at radius 2 is 2.17 bits per heavy atom. The summed E-state index contributed by atoms with van der Waals surface area (Å²) in [7, 11) is 0. The lowest BCUT2D eigenvalue weighted by atomic mass is 9.96. The number of aliphatic hydroxyl groups excluding tert-OH is 1. The molecule has 8 heteroatoms. The van der Waals surface area contributed by atoms with E-state index in [-0.39, 0.29) is 36.3 Å². The summed E-state index contributed by atoms with van der Waals surface area (Å²) in [5, 5.41) is 19.1. The number of aliphatic hydroxyl groups is 1. The monoisotopic (exact) mass is 337 g/mol. The van der Waals surface area contributed by atoms with Crippen molar-refractivity contribution < 1.29 is 23.7 Å². The van der Waals surface area contributed by atoms with Gasteiger partial charge in [-0.3, -0.25) is 4.79 Å². The first-order valence-electron chi connectivity index (χ1n) is 7.92. The average Bonchev–Trinajstić information content (AvgIpc) is 3.20. The molecule has 2 heterocycles. The van der Waals surface area contributed by atoms with Crippen LogP contribution >= 0.6 is 0 Å². The zero-order valence-corrected chi connectivity index (χ0v) is 14.3. The molecule has 1 amide bonds. The fourth-order valence-electron chi connectivity index (χ4n) is 2.17. The molecule has 0 fully saturated rings. The average molecular weight is 337 g/mol. The third-order valence-electron chi connectivity index (χ3n) is 3.87. The molecule has 2 aromatic heterocycles. The molecule has 0 aliphatic rings. The Morgan fingerprint density at radius 1 is 1.42 bits per heavy atom. The molecule has 0 saturated carbocycles. The maximum absolute atomic E-state index is 11.9. The molecule has 2 aromatic rings. The molecule has 0 aliphatic heterocycles. The highest BCUT2D eigenvalue weighted by atomic mass is 16.5. The Bertz CT molecular complexity index is 666. The Labute approximate surface area is 140 Å². The molecule has 0 aromatic carbocycles. The van der Waals surface area contributed by atoms with Gasteiger partial charge in [0.25, 0.3) is 11.8 Å². The molecule has 0 spiro atoms. The van der Waals surface area contributed by atoms with Crippen molar-refractivity contribution in [3.63, 3.8) is 0 Å². The summed E-state index contributed by atoms with van der Waals surface area (Å²) in [4.78, 5) is 11.9. The van der Waals surface area contributed by atoms with Crippen LogP contribution in [0.2, 0.25) is 0 Å². The van der Waals surface area contributed by atoms with E-state index in [1.165, 1.54) is 6.07 Å². The molecular weight excluding hydrogens is 314 g/mol. The van der Waals surface area contributed by atoms with E-state index in [0.717, 1.165) is 12.0 Å². The van der Waals surface area contributed by atoms with Crippen LogP contribution in [-0.4, -0.2) is 34.0 Å². The number of rotatable bonds is 8. The maximum Gasteiger partial charge on any atom is 0.290 e. The second-order valence-electron chi connectivity index (χ2n) is 5.85. The zero-order chi connectivity index (χ0) is 17.7. The van der Waals surface area contributed by atoms with Crippen LogP contribution in [-0.2, 0) is 0 Å². The number of nitrogens with zero attached hydrogens (tertiary/aromatic N) is 2. The highest BCUT2D eigenvalue weighted by Gasteiger charge is 2.26. The van der Waals surface area contributed by atoms with Gasteiger partial charge in [-0.15, -0.1) is 0 Å². The van der Waals surface area contributed by atoms with E-state index in [1.54, 1.807) is 13.1 Å². The molecule has 132 valence electrons. The minimum atomic E-state index is -0.458. The van der Waals surface area contributed by atoms with Crippen molar-refractivity contribution >= 4 is 5.91 Å². The smallest absolute Gasteiger partial charge is 0.290 e. The van der Waals surface area contributed by atoms with E-state index in [2.05, 4.69) is 22.6 Å². The Kier molecular flexibility index (Phi) is 5.97. The van der Waals surface area contributed by atoms with Crippen LogP contribution in [0.3, 0.4) is 0 Å². The van der Waals surface area contributed by atoms with Crippen molar-refractivity contribution in [3.05, 3.63) is 29.3 Å². The zero-order valence-electron chi connectivity index (χ0n) is 14.3. The number of aromatic nitrogens is 2. The summed E-state index contributed by atoms with van der Waals surface area (Å²) in [5.41, 5.74) is 0.840. The molecule has 24 heavy (non-hydrogen) atoms. The van der Waals surface area contributed by atoms with Gasteiger partial charge in [0.05, 0.1) is 24.4 Å². The van der Waals surface area contributed by atoms with Gasteiger partial charge in [0.15, 0.2) is 0 Å². The Hall–Kier alpha value is -2.35. The fourth-order valence-corrected chi connectivity index (χ4v) is 2.17. The van der Waals surface area contributed by atoms with Crippen LogP contribution in [0.5, 0.6) is 5.88 Å². The number of hydrogen-bond donors (Lipinski definition) is 2. The summed E-state index contributed by atoms with van der Waals surface area (Å²) in [6.45, 7) is 7.44. The Morgan fingerprint density at radius 3 is 2.75 bits per heavy atom. The molecule has 0 aliphatic carbocycles. The summed E-state index contributed by atoms with van der Waals surface area (Å²) in [6.07, 6.45) is 2.20. The largest absolute Gasteiger partial charge is 0.467 e. The van der Waals surface area contributed by atoms with E-state index in [0.29, 0.717) is 5.76 Å². The number of amides is 1. The number of nitrogens with one attached hydrogen (secondary N) is 1. The van der Waals surface area contributed by atoms with E-state index < -0.39 is 5.91 Å². The van der Waals surface area contributed by atoms with E-state index in [4.69, 9.17) is 18.9 Å². The van der Waals surface area contributed by atoms with E-state index in [9.17, 15) is 4.79 Å².